The molecule has 10 nitrogen and oxygen atoms in total. The van der Waals surface area contributed by atoms with Crippen LogP contribution in [0, 0.1) is 0 Å². The Morgan fingerprint density at radius 2 is 1.85 bits per heavy atom. The lowest BCUT2D eigenvalue weighted by Crippen LogP contribution is -2.37. The van der Waals surface area contributed by atoms with Crippen LogP contribution in [-0.2, 0) is 29.1 Å². The van der Waals surface area contributed by atoms with Gasteiger partial charge in [0.1, 0.15) is 18.5 Å². The quantitative estimate of drug-likeness (QED) is 0.151. The minimum atomic E-state index is -0.334. The number of nitrogens with one attached hydrogen (secondary N) is 1. The summed E-state index contributed by atoms with van der Waals surface area (Å²) < 4.78 is 7.90. The lowest BCUT2D eigenvalue weighted by molar-refractivity contribution is -0.150. The molecule has 41 heavy (non-hydrogen) atoms. The van der Waals surface area contributed by atoms with Crippen molar-refractivity contribution < 1.29 is 9.53 Å². The number of imidazole rings is 1. The number of ether oxygens (including phenoxy) is 1. The lowest BCUT2D eigenvalue weighted by atomic mass is 9.98. The molecule has 0 radical (unpaired) electrons. The van der Waals surface area contributed by atoms with Gasteiger partial charge in [-0.15, -0.1) is 10.2 Å². The Balaban J connectivity index is 1.54. The molecule has 4 aromatic rings. The van der Waals surface area contributed by atoms with Crippen molar-refractivity contribution in [2.75, 3.05) is 20.6 Å². The number of H-pyrrole nitrogens is 1. The fourth-order valence-electron chi connectivity index (χ4n) is 4.84. The fraction of sp³-hybridized carbons (Fsp3) is 0.433. The van der Waals surface area contributed by atoms with Crippen molar-refractivity contribution in [1.29, 1.82) is 0 Å². The molecule has 218 valence electrons. The molecule has 0 amide bonds. The molecular formula is C30H39ClN8O2. The van der Waals surface area contributed by atoms with Gasteiger partial charge in [-0.2, -0.15) is 5.21 Å². The highest BCUT2D eigenvalue weighted by molar-refractivity contribution is 6.30. The lowest BCUT2D eigenvalue weighted by Gasteiger charge is -2.22. The first-order valence-corrected chi connectivity index (χ1v) is 14.5. The van der Waals surface area contributed by atoms with Crippen molar-refractivity contribution in [2.24, 2.45) is 5.73 Å². The minimum absolute atomic E-state index is 0.0637. The van der Waals surface area contributed by atoms with Gasteiger partial charge in [0.15, 0.2) is 5.15 Å². The maximum absolute atomic E-state index is 13.0. The Hall–Kier alpha value is -3.60. The van der Waals surface area contributed by atoms with Gasteiger partial charge in [0.05, 0.1) is 5.69 Å². The van der Waals surface area contributed by atoms with Gasteiger partial charge < -0.3 is 15.0 Å². The van der Waals surface area contributed by atoms with E-state index in [1.54, 1.807) is 0 Å². The average Bonchev–Trinajstić information content (AvgIpc) is 3.61. The van der Waals surface area contributed by atoms with E-state index in [0.717, 1.165) is 60.2 Å². The predicted octanol–water partition coefficient (Wildman–Crippen LogP) is 4.88. The zero-order chi connectivity index (χ0) is 29.2. The summed E-state index contributed by atoms with van der Waals surface area (Å²) >= 11 is 6.63. The number of tetrazole rings is 1. The number of likely N-dealkylation sites (N-methyl/N-ethyl adjacent to an activating group) is 1. The maximum Gasteiger partial charge on any atom is 0.323 e. The van der Waals surface area contributed by atoms with Crippen LogP contribution in [0.5, 0.6) is 0 Å². The number of carbonyl (C=O) groups is 1. The van der Waals surface area contributed by atoms with E-state index in [0.29, 0.717) is 36.2 Å². The third kappa shape index (κ3) is 7.78. The number of nitrogens with zero attached hydrogens (tertiary/aromatic N) is 6. The summed E-state index contributed by atoms with van der Waals surface area (Å²) in [5, 5.41) is 14.9. The van der Waals surface area contributed by atoms with Crippen molar-refractivity contribution in [3.05, 3.63) is 70.8 Å². The van der Waals surface area contributed by atoms with Crippen LogP contribution < -0.4 is 5.73 Å². The standard InChI is InChI=1S/C30H39ClN8O2/c1-4-5-13-27-33-28(31)26(20-41-30(40)25(38(2)3)12-8-9-18-32)39(27)19-21-14-16-22(17-15-21)23-10-6-7-11-24(23)29-34-36-37-35-29/h6-7,10-11,14-17,25H,4-5,8-9,12-13,18-20,32H2,1-3H3,(H,34,35,36,37)/t25-/m0/s1. The summed E-state index contributed by atoms with van der Waals surface area (Å²) in [4.78, 5) is 19.6. The second-order valence-electron chi connectivity index (χ2n) is 10.3. The van der Waals surface area contributed by atoms with Crippen LogP contribution in [0.4, 0.5) is 0 Å². The number of hydrogen-bond acceptors (Lipinski definition) is 8. The maximum atomic E-state index is 13.0. The summed E-state index contributed by atoms with van der Waals surface area (Å²) in [5.41, 5.74) is 10.4. The fourth-order valence-corrected chi connectivity index (χ4v) is 5.09. The van der Waals surface area contributed by atoms with Gasteiger partial charge in [0, 0.05) is 18.5 Å². The van der Waals surface area contributed by atoms with Gasteiger partial charge in [-0.1, -0.05) is 79.9 Å². The average molecular weight is 579 g/mol. The first kappa shape index (κ1) is 30.4. The third-order valence-electron chi connectivity index (χ3n) is 7.15. The van der Waals surface area contributed by atoms with Crippen molar-refractivity contribution >= 4 is 17.6 Å². The number of aromatic amines is 1. The molecule has 0 fully saturated rings. The minimum Gasteiger partial charge on any atom is -0.458 e. The highest BCUT2D eigenvalue weighted by Gasteiger charge is 2.24. The highest BCUT2D eigenvalue weighted by atomic mass is 35.5. The van der Waals surface area contributed by atoms with Crippen LogP contribution in [-0.4, -0.2) is 67.7 Å². The molecule has 0 bridgehead atoms. The summed E-state index contributed by atoms with van der Waals surface area (Å²) in [7, 11) is 3.78. The smallest absolute Gasteiger partial charge is 0.323 e. The van der Waals surface area contributed by atoms with Gasteiger partial charge >= 0.3 is 5.97 Å². The summed E-state index contributed by atoms with van der Waals surface area (Å²) in [5.74, 6) is 1.17. The Morgan fingerprint density at radius 1 is 1.10 bits per heavy atom. The van der Waals surface area contributed by atoms with Gasteiger partial charge in [0.2, 0.25) is 5.82 Å². The molecule has 0 aliphatic rings. The van der Waals surface area contributed by atoms with E-state index < -0.39 is 0 Å². The zero-order valence-electron chi connectivity index (χ0n) is 24.0. The van der Waals surface area contributed by atoms with Crippen LogP contribution in [0.15, 0.2) is 48.5 Å². The molecule has 2 aromatic carbocycles. The number of esters is 1. The number of unbranched alkanes of at least 4 members (excludes halogenated alkanes) is 2. The normalized spacial score (nSPS) is 12.1. The van der Waals surface area contributed by atoms with Crippen LogP contribution in [0.25, 0.3) is 22.5 Å². The van der Waals surface area contributed by atoms with Gasteiger partial charge in [-0.25, -0.2) is 4.98 Å². The Labute approximate surface area is 246 Å². The van der Waals surface area contributed by atoms with Crippen LogP contribution in [0.1, 0.15) is 56.1 Å². The summed E-state index contributed by atoms with van der Waals surface area (Å²) in [6.45, 7) is 3.38. The number of hydrogen-bond donors (Lipinski definition) is 2. The number of aryl methyl sites for hydroxylation is 1. The van der Waals surface area contributed by atoms with Crippen molar-refractivity contribution in [3.8, 4) is 22.5 Å². The van der Waals surface area contributed by atoms with E-state index >= 15 is 0 Å². The molecule has 0 saturated carbocycles. The molecule has 0 aliphatic carbocycles. The van der Waals surface area contributed by atoms with E-state index in [-0.39, 0.29) is 18.6 Å². The molecule has 4 rings (SSSR count). The third-order valence-corrected chi connectivity index (χ3v) is 7.46. The second kappa shape index (κ2) is 14.9. The zero-order valence-corrected chi connectivity index (χ0v) is 24.8. The number of benzene rings is 2. The summed E-state index contributed by atoms with van der Waals surface area (Å²) in [6.07, 6.45) is 5.25. The molecular weight excluding hydrogens is 540 g/mol. The number of aromatic nitrogens is 6. The van der Waals surface area contributed by atoms with Crippen LogP contribution in [0.2, 0.25) is 5.15 Å². The molecule has 0 spiro atoms. The molecule has 2 aromatic heterocycles. The Bertz CT molecular complexity index is 1390. The summed E-state index contributed by atoms with van der Waals surface area (Å²) in [6, 6.07) is 16.0. The van der Waals surface area contributed by atoms with Gasteiger partial charge in [0.25, 0.3) is 0 Å². The number of nitrogens with two attached hydrogens (primary N) is 1. The first-order chi connectivity index (χ1) is 19.9. The molecule has 2 heterocycles. The molecule has 11 heteroatoms. The predicted molar refractivity (Wildman–Crippen MR) is 160 cm³/mol. The molecule has 0 unspecified atom stereocenters. The topological polar surface area (TPSA) is 128 Å². The van der Waals surface area contributed by atoms with Crippen molar-refractivity contribution in [1.82, 2.24) is 35.1 Å². The Kier molecular flexibility index (Phi) is 11.0. The van der Waals surface area contributed by atoms with E-state index in [9.17, 15) is 4.79 Å². The second-order valence-corrected chi connectivity index (χ2v) is 10.7. The highest BCUT2D eigenvalue weighted by Crippen LogP contribution is 2.30. The largest absolute Gasteiger partial charge is 0.458 e. The van der Waals surface area contributed by atoms with E-state index in [2.05, 4.69) is 61.4 Å². The van der Waals surface area contributed by atoms with Crippen molar-refractivity contribution in [3.63, 3.8) is 0 Å². The van der Waals surface area contributed by atoms with Crippen molar-refractivity contribution in [2.45, 2.75) is 64.6 Å². The number of carbonyl (C=O) groups excluding carboxylic acids is 1. The molecule has 1 atom stereocenters. The van der Waals surface area contributed by atoms with Gasteiger partial charge in [-0.3, -0.25) is 9.69 Å². The molecule has 3 N–H and O–H groups in total. The molecule has 0 aliphatic heterocycles. The molecule has 0 saturated heterocycles. The van der Waals surface area contributed by atoms with Crippen LogP contribution in [0.3, 0.4) is 0 Å². The van der Waals surface area contributed by atoms with E-state index in [4.69, 9.17) is 22.1 Å². The first-order valence-electron chi connectivity index (χ1n) is 14.1. The number of halogens is 1. The van der Waals surface area contributed by atoms with E-state index in [1.807, 2.05) is 43.3 Å². The Morgan fingerprint density at radius 3 is 2.51 bits per heavy atom. The van der Waals surface area contributed by atoms with Crippen LogP contribution >= 0.6 is 11.6 Å². The number of rotatable bonds is 15. The van der Waals surface area contributed by atoms with Gasteiger partial charge in [-0.05, 0) is 61.8 Å². The monoisotopic (exact) mass is 578 g/mol. The SMILES string of the molecule is CCCCc1nc(Cl)c(COC(=O)[C@H](CCCCN)N(C)C)n1Cc1ccc(-c2ccccc2-c2nn[nH]n2)cc1. The van der Waals surface area contributed by atoms with E-state index in [1.165, 1.54) is 0 Å².